The molecule has 5 rings (SSSR count). The van der Waals surface area contributed by atoms with Crippen molar-refractivity contribution in [1.29, 1.82) is 0 Å². The molecule has 2 N–H and O–H groups in total. The van der Waals surface area contributed by atoms with Crippen molar-refractivity contribution in [3.05, 3.63) is 89.2 Å². The van der Waals surface area contributed by atoms with Crippen LogP contribution in [0.25, 0.3) is 0 Å². The molecule has 0 spiro atoms. The summed E-state index contributed by atoms with van der Waals surface area (Å²) in [6.45, 7) is 3.31. The van der Waals surface area contributed by atoms with E-state index in [0.717, 1.165) is 30.8 Å². The van der Waals surface area contributed by atoms with Gasteiger partial charge in [-0.2, -0.15) is 4.39 Å². The quantitative estimate of drug-likeness (QED) is 0.282. The number of ether oxygens (including phenoxy) is 1. The summed E-state index contributed by atoms with van der Waals surface area (Å²) in [5.41, 5.74) is 3.77. The van der Waals surface area contributed by atoms with Crippen LogP contribution in [0.1, 0.15) is 47.6 Å². The summed E-state index contributed by atoms with van der Waals surface area (Å²) in [6, 6.07) is 14.3. The molecule has 38 heavy (non-hydrogen) atoms. The Kier molecular flexibility index (Phi) is 7.64. The maximum atomic E-state index is 13.5. The van der Waals surface area contributed by atoms with Crippen molar-refractivity contribution in [3.8, 4) is 0 Å². The Morgan fingerprint density at radius 3 is 2.82 bits per heavy atom. The first-order valence-corrected chi connectivity index (χ1v) is 13.2. The average Bonchev–Trinajstić information content (AvgIpc) is 3.66. The molecule has 1 aliphatic heterocycles. The summed E-state index contributed by atoms with van der Waals surface area (Å²) >= 11 is 1.39. The van der Waals surface area contributed by atoms with Crippen molar-refractivity contribution in [1.82, 2.24) is 14.5 Å². The molecule has 3 aromatic heterocycles. The normalized spacial score (nSPS) is 14.9. The molecule has 1 aromatic carbocycles. The number of aromatic nitrogens is 3. The number of hydrogen-bond donors (Lipinski definition) is 2. The van der Waals surface area contributed by atoms with Crippen LogP contribution in [-0.2, 0) is 11.3 Å². The molecule has 0 bridgehead atoms. The van der Waals surface area contributed by atoms with Crippen LogP contribution >= 0.6 is 11.3 Å². The van der Waals surface area contributed by atoms with Gasteiger partial charge in [0.25, 0.3) is 5.91 Å². The van der Waals surface area contributed by atoms with E-state index in [4.69, 9.17) is 9.72 Å². The van der Waals surface area contributed by atoms with Crippen molar-refractivity contribution in [3.63, 3.8) is 0 Å². The molecule has 0 saturated carbocycles. The fourth-order valence-corrected chi connectivity index (χ4v) is 5.31. The Morgan fingerprint density at radius 1 is 1.18 bits per heavy atom. The minimum atomic E-state index is -0.554. The van der Waals surface area contributed by atoms with Gasteiger partial charge in [0.15, 0.2) is 5.13 Å². The molecule has 0 aliphatic carbocycles. The number of pyridine rings is 1. The van der Waals surface area contributed by atoms with Gasteiger partial charge in [-0.3, -0.25) is 15.4 Å². The van der Waals surface area contributed by atoms with E-state index in [9.17, 15) is 14.0 Å². The van der Waals surface area contributed by atoms with Gasteiger partial charge in [-0.25, -0.2) is 14.8 Å². The van der Waals surface area contributed by atoms with Gasteiger partial charge in [-0.1, -0.05) is 0 Å². The number of anilines is 3. The zero-order valence-corrected chi connectivity index (χ0v) is 21.6. The van der Waals surface area contributed by atoms with Gasteiger partial charge in [0.2, 0.25) is 5.95 Å². The summed E-state index contributed by atoms with van der Waals surface area (Å²) in [4.78, 5) is 35.3. The highest BCUT2D eigenvalue weighted by molar-refractivity contribution is 7.14. The van der Waals surface area contributed by atoms with Crippen LogP contribution in [-0.4, -0.2) is 39.7 Å². The lowest BCUT2D eigenvalue weighted by atomic mass is 10.1. The molecular formula is C27H27FN6O3S. The lowest BCUT2D eigenvalue weighted by Gasteiger charge is -2.25. The number of carbonyl (C=O) groups is 2. The van der Waals surface area contributed by atoms with Crippen LogP contribution in [0.15, 0.2) is 66.3 Å². The Hall–Kier alpha value is -4.25. The lowest BCUT2D eigenvalue weighted by Crippen LogP contribution is -2.23. The molecule has 4 heterocycles. The second kappa shape index (κ2) is 11.4. The number of benzene rings is 1. The first-order valence-electron chi connectivity index (χ1n) is 12.3. The first kappa shape index (κ1) is 25.4. The Balaban J connectivity index is 1.24. The lowest BCUT2D eigenvalue weighted by molar-refractivity contribution is 0.101. The van der Waals surface area contributed by atoms with Crippen molar-refractivity contribution in [2.75, 3.05) is 28.7 Å². The summed E-state index contributed by atoms with van der Waals surface area (Å²) < 4.78 is 20.2. The van der Waals surface area contributed by atoms with Gasteiger partial charge in [0.05, 0.1) is 18.3 Å². The summed E-state index contributed by atoms with van der Waals surface area (Å²) in [5.74, 6) is -0.834. The zero-order chi connectivity index (χ0) is 26.5. The zero-order valence-electron chi connectivity index (χ0n) is 20.8. The van der Waals surface area contributed by atoms with Gasteiger partial charge in [0, 0.05) is 42.2 Å². The van der Waals surface area contributed by atoms with Crippen molar-refractivity contribution >= 4 is 39.8 Å². The number of hydrogen-bond acceptors (Lipinski definition) is 7. The number of rotatable bonds is 8. The second-order valence-electron chi connectivity index (χ2n) is 8.78. The summed E-state index contributed by atoms with van der Waals surface area (Å²) in [7, 11) is 0. The molecule has 1 saturated heterocycles. The van der Waals surface area contributed by atoms with Crippen molar-refractivity contribution in [2.45, 2.75) is 32.4 Å². The smallest absolute Gasteiger partial charge is 0.411 e. The fourth-order valence-electron chi connectivity index (χ4n) is 4.56. The molecule has 1 fully saturated rings. The molecule has 196 valence electrons. The summed E-state index contributed by atoms with van der Waals surface area (Å²) in [6.07, 6.45) is 4.69. The topological polar surface area (TPSA) is 101 Å². The number of carbonyl (C=O) groups excluding carboxylic acids is 2. The molecule has 1 aliphatic rings. The van der Waals surface area contributed by atoms with E-state index in [1.807, 2.05) is 29.6 Å². The monoisotopic (exact) mass is 534 g/mol. The van der Waals surface area contributed by atoms with Gasteiger partial charge in [-0.05, 0) is 73.9 Å². The van der Waals surface area contributed by atoms with Crippen molar-refractivity contribution < 1.29 is 18.7 Å². The molecule has 0 radical (unpaired) electrons. The summed E-state index contributed by atoms with van der Waals surface area (Å²) in [5, 5.41) is 8.11. The highest BCUT2D eigenvalue weighted by Gasteiger charge is 2.28. The van der Waals surface area contributed by atoms with E-state index in [1.165, 1.54) is 23.6 Å². The van der Waals surface area contributed by atoms with E-state index >= 15 is 0 Å². The Morgan fingerprint density at radius 2 is 2.03 bits per heavy atom. The molecule has 1 unspecified atom stereocenters. The van der Waals surface area contributed by atoms with Crippen LogP contribution < -0.4 is 15.5 Å². The third-order valence-corrected chi connectivity index (χ3v) is 7.04. The number of halogens is 1. The largest absolute Gasteiger partial charge is 0.450 e. The number of nitrogens with one attached hydrogen (secondary N) is 2. The molecule has 2 amide bonds. The number of thiazole rings is 1. The molecule has 11 heteroatoms. The molecular weight excluding hydrogens is 507 g/mol. The van der Waals surface area contributed by atoms with Gasteiger partial charge in [0.1, 0.15) is 5.69 Å². The van der Waals surface area contributed by atoms with Gasteiger partial charge < -0.3 is 14.2 Å². The second-order valence-corrected chi connectivity index (χ2v) is 9.64. The van der Waals surface area contributed by atoms with Gasteiger partial charge in [-0.15, -0.1) is 11.3 Å². The number of amides is 2. The molecule has 1 atom stereocenters. The van der Waals surface area contributed by atoms with E-state index in [1.54, 1.807) is 35.9 Å². The van der Waals surface area contributed by atoms with Crippen LogP contribution in [0.2, 0.25) is 0 Å². The first-order chi connectivity index (χ1) is 18.5. The highest BCUT2D eigenvalue weighted by Crippen LogP contribution is 2.37. The molecule has 9 nitrogen and oxygen atoms in total. The SMILES string of the molecule is CCOC(=O)Nc1ccc(N2CCCC2c2csc(NC(=O)c3cccn3Cc3ccnc(F)c3)n2)cc1. The standard InChI is InChI=1S/C27H27FN6O3S/c1-2-37-27(36)30-19-7-9-20(10-8-19)34-14-4-5-22(34)21-17-38-26(31-21)32-25(35)23-6-3-13-33(23)16-18-11-12-29-24(28)15-18/h3,6-13,15,17,22H,2,4-5,14,16H2,1H3,(H,30,36)(H,31,32,35). The average molecular weight is 535 g/mol. The fraction of sp³-hybridized carbons (Fsp3) is 0.259. The third-order valence-electron chi connectivity index (χ3n) is 6.26. The van der Waals surface area contributed by atoms with Crippen molar-refractivity contribution in [2.24, 2.45) is 0 Å². The van der Waals surface area contributed by atoms with E-state index in [0.29, 0.717) is 35.2 Å². The Labute approximate surface area is 223 Å². The van der Waals surface area contributed by atoms with E-state index < -0.39 is 12.0 Å². The predicted octanol–water partition coefficient (Wildman–Crippen LogP) is 5.69. The minimum Gasteiger partial charge on any atom is -0.450 e. The minimum absolute atomic E-state index is 0.0891. The maximum absolute atomic E-state index is 13.5. The van der Waals surface area contributed by atoms with Crippen LogP contribution in [0, 0.1) is 5.95 Å². The van der Waals surface area contributed by atoms with E-state index in [-0.39, 0.29) is 11.9 Å². The molecule has 4 aromatic rings. The highest BCUT2D eigenvalue weighted by atomic mass is 32.1. The predicted molar refractivity (Wildman–Crippen MR) is 144 cm³/mol. The number of nitrogens with zero attached hydrogens (tertiary/aromatic N) is 4. The maximum Gasteiger partial charge on any atom is 0.411 e. The van der Waals surface area contributed by atoms with Crippen LogP contribution in [0.5, 0.6) is 0 Å². The third kappa shape index (κ3) is 5.83. The van der Waals surface area contributed by atoms with Crippen LogP contribution in [0.3, 0.4) is 0 Å². The van der Waals surface area contributed by atoms with Crippen LogP contribution in [0.4, 0.5) is 25.7 Å². The Bertz CT molecular complexity index is 1420. The van der Waals surface area contributed by atoms with E-state index in [2.05, 4.69) is 20.5 Å². The van der Waals surface area contributed by atoms with Gasteiger partial charge >= 0.3 is 6.09 Å².